The SMILES string of the molecule is CCCCCC(=O)OC(C)CC(c1ccc(OC(=O)C(C)CCC)c(OC(=O)C(C)CCC)c1)[C@H](N)C(=O)O. The van der Waals surface area contributed by atoms with Gasteiger partial charge in [0.1, 0.15) is 6.04 Å². The molecule has 4 unspecified atom stereocenters. The van der Waals surface area contributed by atoms with Crippen molar-refractivity contribution in [2.24, 2.45) is 17.6 Å². The molecule has 0 aliphatic rings. The highest BCUT2D eigenvalue weighted by Gasteiger charge is 2.30. The molecule has 0 aliphatic carbocycles. The Morgan fingerprint density at radius 3 is 1.92 bits per heavy atom. The van der Waals surface area contributed by atoms with Crippen LogP contribution < -0.4 is 15.2 Å². The van der Waals surface area contributed by atoms with Gasteiger partial charge in [-0.15, -0.1) is 0 Å². The summed E-state index contributed by atoms with van der Waals surface area (Å²) in [7, 11) is 0. The summed E-state index contributed by atoms with van der Waals surface area (Å²) in [6, 6.07) is 3.27. The van der Waals surface area contributed by atoms with E-state index >= 15 is 0 Å². The number of ether oxygens (including phenoxy) is 3. The fraction of sp³-hybridized carbons (Fsp3) is 0.667. The second-order valence-electron chi connectivity index (χ2n) is 10.4. The number of esters is 3. The molecule has 1 rings (SSSR count). The predicted molar refractivity (Wildman–Crippen MR) is 149 cm³/mol. The van der Waals surface area contributed by atoms with Crippen LogP contribution >= 0.6 is 0 Å². The van der Waals surface area contributed by atoms with E-state index in [0.717, 1.165) is 32.1 Å². The molecule has 0 aliphatic heterocycles. The van der Waals surface area contributed by atoms with Gasteiger partial charge in [0.2, 0.25) is 0 Å². The third-order valence-corrected chi connectivity index (χ3v) is 6.69. The van der Waals surface area contributed by atoms with Crippen molar-refractivity contribution in [2.45, 2.75) is 117 Å². The molecule has 0 amide bonds. The number of hydrogen-bond acceptors (Lipinski definition) is 8. The van der Waals surface area contributed by atoms with E-state index in [0.29, 0.717) is 24.8 Å². The number of carbonyl (C=O) groups excluding carboxylic acids is 3. The predicted octanol–water partition coefficient (Wildman–Crippen LogP) is 5.77. The lowest BCUT2D eigenvalue weighted by Crippen LogP contribution is -2.38. The number of aliphatic carboxylic acids is 1. The van der Waals surface area contributed by atoms with E-state index < -0.39 is 36.0 Å². The van der Waals surface area contributed by atoms with Crippen LogP contribution in [0.3, 0.4) is 0 Å². The van der Waals surface area contributed by atoms with Crippen molar-refractivity contribution in [2.75, 3.05) is 0 Å². The highest BCUT2D eigenvalue weighted by Crippen LogP contribution is 2.35. The van der Waals surface area contributed by atoms with E-state index in [1.165, 1.54) is 12.1 Å². The molecule has 0 spiro atoms. The van der Waals surface area contributed by atoms with Crippen molar-refractivity contribution in [1.82, 2.24) is 0 Å². The fourth-order valence-corrected chi connectivity index (χ4v) is 4.31. The van der Waals surface area contributed by atoms with Gasteiger partial charge in [-0.2, -0.15) is 0 Å². The first-order valence-electron chi connectivity index (χ1n) is 14.2. The van der Waals surface area contributed by atoms with Crippen molar-refractivity contribution in [3.63, 3.8) is 0 Å². The van der Waals surface area contributed by atoms with Gasteiger partial charge in [0.05, 0.1) is 17.9 Å². The maximum absolute atomic E-state index is 12.8. The van der Waals surface area contributed by atoms with Crippen LogP contribution in [0.2, 0.25) is 0 Å². The normalized spacial score (nSPS) is 14.9. The molecule has 0 saturated heterocycles. The molecule has 0 aromatic heterocycles. The van der Waals surface area contributed by atoms with Crippen LogP contribution in [0, 0.1) is 11.8 Å². The van der Waals surface area contributed by atoms with Crippen LogP contribution in [0.5, 0.6) is 11.5 Å². The van der Waals surface area contributed by atoms with Gasteiger partial charge in [0.25, 0.3) is 0 Å². The average molecular weight is 550 g/mol. The quantitative estimate of drug-likeness (QED) is 0.133. The number of nitrogens with two attached hydrogens (primary N) is 1. The lowest BCUT2D eigenvalue weighted by atomic mass is 9.87. The third kappa shape index (κ3) is 11.8. The van der Waals surface area contributed by atoms with Crippen LogP contribution in [0.4, 0.5) is 0 Å². The number of carboxylic acid groups (broad SMARTS) is 1. The van der Waals surface area contributed by atoms with E-state index in [1.54, 1.807) is 26.8 Å². The van der Waals surface area contributed by atoms with Gasteiger partial charge in [-0.05, 0) is 50.3 Å². The smallest absolute Gasteiger partial charge is 0.321 e. The monoisotopic (exact) mass is 549 g/mol. The number of hydrogen-bond donors (Lipinski definition) is 2. The summed E-state index contributed by atoms with van der Waals surface area (Å²) in [4.78, 5) is 49.5. The molecule has 3 N–H and O–H groups in total. The van der Waals surface area contributed by atoms with Crippen molar-refractivity contribution in [3.8, 4) is 11.5 Å². The number of rotatable bonds is 18. The molecule has 5 atom stereocenters. The molecule has 39 heavy (non-hydrogen) atoms. The highest BCUT2D eigenvalue weighted by molar-refractivity contribution is 5.79. The van der Waals surface area contributed by atoms with Gasteiger partial charge >= 0.3 is 23.9 Å². The standard InChI is InChI=1S/C30H47NO8/c1-7-10-11-14-26(32)37-21(6)17-23(27(31)28(33)34)22-15-16-24(38-29(35)19(4)12-8-2)25(18-22)39-30(36)20(5)13-9-3/h15-16,18-21,23,27H,7-14,17,31H2,1-6H3,(H,33,34)/t19?,20?,21?,23?,27-/m0/s1. The number of unbranched alkanes of at least 4 members (excludes halogenated alkanes) is 2. The van der Waals surface area contributed by atoms with Gasteiger partial charge in [0.15, 0.2) is 11.5 Å². The summed E-state index contributed by atoms with van der Waals surface area (Å²) < 4.78 is 16.8. The Kier molecular flexibility index (Phi) is 15.4. The second kappa shape index (κ2) is 17.6. The molecular formula is C30H47NO8. The maximum Gasteiger partial charge on any atom is 0.321 e. The number of carbonyl (C=O) groups is 4. The first kappa shape index (κ1) is 34.1. The summed E-state index contributed by atoms with van der Waals surface area (Å²) in [6.07, 6.45) is 5.31. The van der Waals surface area contributed by atoms with E-state index in [9.17, 15) is 24.3 Å². The van der Waals surface area contributed by atoms with Gasteiger partial charge in [0, 0.05) is 12.3 Å². The molecule has 220 valence electrons. The molecule has 0 radical (unpaired) electrons. The molecule has 9 heteroatoms. The molecule has 0 heterocycles. The average Bonchev–Trinajstić information content (AvgIpc) is 2.88. The Balaban J connectivity index is 3.32. The third-order valence-electron chi connectivity index (χ3n) is 6.69. The molecular weight excluding hydrogens is 502 g/mol. The summed E-state index contributed by atoms with van der Waals surface area (Å²) in [5, 5.41) is 9.70. The number of carboxylic acids is 1. The minimum absolute atomic E-state index is 0.0179. The Bertz CT molecular complexity index is 947. The largest absolute Gasteiger partial charge is 0.480 e. The van der Waals surface area contributed by atoms with Gasteiger partial charge in [-0.1, -0.05) is 66.4 Å². The van der Waals surface area contributed by atoms with Crippen LogP contribution in [0.1, 0.15) is 111 Å². The minimum Gasteiger partial charge on any atom is -0.480 e. The van der Waals surface area contributed by atoms with Crippen LogP contribution in [-0.4, -0.2) is 41.1 Å². The van der Waals surface area contributed by atoms with Crippen molar-refractivity contribution in [3.05, 3.63) is 23.8 Å². The minimum atomic E-state index is -1.31. The maximum atomic E-state index is 12.8. The summed E-state index contributed by atoms with van der Waals surface area (Å²) in [6.45, 7) is 11.2. The van der Waals surface area contributed by atoms with Crippen molar-refractivity contribution in [1.29, 1.82) is 0 Å². The lowest BCUT2D eigenvalue weighted by molar-refractivity contribution is -0.149. The Morgan fingerprint density at radius 2 is 1.41 bits per heavy atom. The van der Waals surface area contributed by atoms with E-state index in [4.69, 9.17) is 19.9 Å². The lowest BCUT2D eigenvalue weighted by Gasteiger charge is -2.25. The molecule has 9 nitrogen and oxygen atoms in total. The highest BCUT2D eigenvalue weighted by atomic mass is 16.6. The summed E-state index contributed by atoms with van der Waals surface area (Å²) in [5.74, 6) is -3.92. The topological polar surface area (TPSA) is 142 Å². The van der Waals surface area contributed by atoms with Gasteiger partial charge in [-0.3, -0.25) is 19.2 Å². The molecule has 0 bridgehead atoms. The Hall–Kier alpha value is -2.94. The first-order valence-corrected chi connectivity index (χ1v) is 14.2. The summed E-state index contributed by atoms with van der Waals surface area (Å²) >= 11 is 0. The van der Waals surface area contributed by atoms with E-state index in [1.807, 2.05) is 20.8 Å². The van der Waals surface area contributed by atoms with Crippen molar-refractivity contribution < 1.29 is 38.5 Å². The zero-order valence-corrected chi connectivity index (χ0v) is 24.4. The van der Waals surface area contributed by atoms with Crippen LogP contribution in [-0.2, 0) is 23.9 Å². The van der Waals surface area contributed by atoms with Crippen LogP contribution in [0.25, 0.3) is 0 Å². The second-order valence-corrected chi connectivity index (χ2v) is 10.4. The molecule has 0 fully saturated rings. The molecule has 0 saturated carbocycles. The zero-order valence-electron chi connectivity index (χ0n) is 24.4. The van der Waals surface area contributed by atoms with Gasteiger partial charge < -0.3 is 25.1 Å². The van der Waals surface area contributed by atoms with Crippen LogP contribution in [0.15, 0.2) is 18.2 Å². The molecule has 1 aromatic carbocycles. The summed E-state index contributed by atoms with van der Waals surface area (Å²) in [5.41, 5.74) is 6.53. The zero-order chi connectivity index (χ0) is 29.5. The number of benzene rings is 1. The molecule has 1 aromatic rings. The Morgan fingerprint density at radius 1 is 0.846 bits per heavy atom. The van der Waals surface area contributed by atoms with E-state index in [-0.39, 0.29) is 35.7 Å². The fourth-order valence-electron chi connectivity index (χ4n) is 4.31. The first-order chi connectivity index (χ1) is 18.4. The van der Waals surface area contributed by atoms with E-state index in [2.05, 4.69) is 0 Å². The van der Waals surface area contributed by atoms with Crippen molar-refractivity contribution >= 4 is 23.9 Å². The Labute approximate surface area is 232 Å². The van der Waals surface area contributed by atoms with Gasteiger partial charge in [-0.25, -0.2) is 0 Å².